The minimum atomic E-state index is 0.774. The number of unbranched alkanes of at least 4 members (excludes halogenated alkanes) is 1. The molecular formula is C10H15N5. The Balaban J connectivity index is 2.40. The SMILES string of the molecule is CCCCc1cc(NN)n2nccc2n1. The molecule has 0 aliphatic heterocycles. The second-order valence-electron chi connectivity index (χ2n) is 3.48. The van der Waals surface area contributed by atoms with E-state index in [0.717, 1.165) is 36.4 Å². The normalized spacial score (nSPS) is 10.8. The highest BCUT2D eigenvalue weighted by atomic mass is 15.4. The molecule has 0 aromatic carbocycles. The molecule has 2 heterocycles. The molecule has 2 aromatic heterocycles. The third-order valence-electron chi connectivity index (χ3n) is 2.35. The molecule has 5 heteroatoms. The fraction of sp³-hybridized carbons (Fsp3) is 0.400. The molecule has 0 spiro atoms. The van der Waals surface area contributed by atoms with Crippen LogP contribution in [0.1, 0.15) is 25.5 Å². The smallest absolute Gasteiger partial charge is 0.157 e. The monoisotopic (exact) mass is 205 g/mol. The van der Waals surface area contributed by atoms with Crippen LogP contribution in [0.25, 0.3) is 5.65 Å². The maximum Gasteiger partial charge on any atom is 0.157 e. The zero-order valence-corrected chi connectivity index (χ0v) is 8.77. The quantitative estimate of drug-likeness (QED) is 0.584. The minimum Gasteiger partial charge on any atom is -0.308 e. The third-order valence-corrected chi connectivity index (χ3v) is 2.35. The average Bonchev–Trinajstić information content (AvgIpc) is 2.73. The number of anilines is 1. The number of nitrogens with zero attached hydrogens (tertiary/aromatic N) is 3. The molecule has 2 aromatic rings. The van der Waals surface area contributed by atoms with Crippen molar-refractivity contribution >= 4 is 11.5 Å². The van der Waals surface area contributed by atoms with Gasteiger partial charge in [0.25, 0.3) is 0 Å². The van der Waals surface area contributed by atoms with Crippen molar-refractivity contribution in [1.82, 2.24) is 14.6 Å². The maximum atomic E-state index is 5.43. The number of aryl methyl sites for hydroxylation is 1. The van der Waals surface area contributed by atoms with E-state index in [-0.39, 0.29) is 0 Å². The molecule has 3 N–H and O–H groups in total. The number of nitrogens with two attached hydrogens (primary N) is 1. The molecule has 0 amide bonds. The first kappa shape index (κ1) is 9.92. The summed E-state index contributed by atoms with van der Waals surface area (Å²) in [5.74, 6) is 6.21. The fourth-order valence-electron chi connectivity index (χ4n) is 1.55. The summed E-state index contributed by atoms with van der Waals surface area (Å²) in [7, 11) is 0. The number of nitrogen functional groups attached to an aromatic ring is 1. The molecule has 0 unspecified atom stereocenters. The van der Waals surface area contributed by atoms with Gasteiger partial charge in [0.05, 0.1) is 6.20 Å². The Morgan fingerprint density at radius 2 is 2.40 bits per heavy atom. The van der Waals surface area contributed by atoms with Gasteiger partial charge in [0, 0.05) is 17.8 Å². The van der Waals surface area contributed by atoms with E-state index in [1.165, 1.54) is 0 Å². The highest BCUT2D eigenvalue weighted by Gasteiger charge is 2.04. The summed E-state index contributed by atoms with van der Waals surface area (Å²) in [6, 6.07) is 3.81. The fourth-order valence-corrected chi connectivity index (χ4v) is 1.55. The summed E-state index contributed by atoms with van der Waals surface area (Å²) in [5, 5.41) is 4.12. The van der Waals surface area contributed by atoms with Gasteiger partial charge in [-0.15, -0.1) is 0 Å². The zero-order valence-electron chi connectivity index (χ0n) is 8.77. The summed E-state index contributed by atoms with van der Waals surface area (Å²) in [6.07, 6.45) is 5.00. The number of hydrogen-bond donors (Lipinski definition) is 2. The predicted molar refractivity (Wildman–Crippen MR) is 59.4 cm³/mol. The van der Waals surface area contributed by atoms with Gasteiger partial charge >= 0.3 is 0 Å². The molecule has 0 aliphatic rings. The lowest BCUT2D eigenvalue weighted by Gasteiger charge is -2.06. The van der Waals surface area contributed by atoms with E-state index in [1.54, 1.807) is 10.7 Å². The van der Waals surface area contributed by atoms with Crippen molar-refractivity contribution in [2.45, 2.75) is 26.2 Å². The van der Waals surface area contributed by atoms with E-state index in [1.807, 2.05) is 12.1 Å². The standard InChI is InChI=1S/C10H15N5/c1-2-3-4-8-7-10(14-11)15-9(13-8)5-6-12-15/h5-7,14H,2-4,11H2,1H3. The van der Waals surface area contributed by atoms with Crippen LogP contribution >= 0.6 is 0 Å². The van der Waals surface area contributed by atoms with Crippen molar-refractivity contribution in [3.05, 3.63) is 24.0 Å². The van der Waals surface area contributed by atoms with Crippen LogP contribution in [-0.4, -0.2) is 14.6 Å². The number of fused-ring (bicyclic) bond motifs is 1. The van der Waals surface area contributed by atoms with Gasteiger partial charge in [0.1, 0.15) is 5.82 Å². The number of hydrogen-bond acceptors (Lipinski definition) is 4. The average molecular weight is 205 g/mol. The Labute approximate surface area is 88.3 Å². The second kappa shape index (κ2) is 4.27. The molecule has 0 radical (unpaired) electrons. The molecule has 5 nitrogen and oxygen atoms in total. The first-order chi connectivity index (χ1) is 7.35. The first-order valence-corrected chi connectivity index (χ1v) is 5.15. The summed E-state index contributed by atoms with van der Waals surface area (Å²) in [6.45, 7) is 2.17. The van der Waals surface area contributed by atoms with Crippen LogP contribution in [-0.2, 0) is 6.42 Å². The van der Waals surface area contributed by atoms with Gasteiger partial charge in [0.15, 0.2) is 5.65 Å². The van der Waals surface area contributed by atoms with Gasteiger partial charge in [-0.3, -0.25) is 0 Å². The van der Waals surface area contributed by atoms with Gasteiger partial charge in [-0.2, -0.15) is 9.61 Å². The van der Waals surface area contributed by atoms with Gasteiger partial charge in [-0.05, 0) is 12.8 Å². The van der Waals surface area contributed by atoms with Crippen molar-refractivity contribution in [2.24, 2.45) is 5.84 Å². The molecule has 0 bridgehead atoms. The maximum absolute atomic E-state index is 5.43. The molecular weight excluding hydrogens is 190 g/mol. The van der Waals surface area contributed by atoms with Crippen molar-refractivity contribution in [2.75, 3.05) is 5.43 Å². The molecule has 15 heavy (non-hydrogen) atoms. The second-order valence-corrected chi connectivity index (χ2v) is 3.48. The number of aromatic nitrogens is 3. The molecule has 80 valence electrons. The Morgan fingerprint density at radius 3 is 3.13 bits per heavy atom. The Hall–Kier alpha value is -1.62. The highest BCUT2D eigenvalue weighted by molar-refractivity contribution is 5.48. The van der Waals surface area contributed by atoms with E-state index in [9.17, 15) is 0 Å². The number of hydrazine groups is 1. The predicted octanol–water partition coefficient (Wildman–Crippen LogP) is 1.36. The van der Waals surface area contributed by atoms with E-state index in [2.05, 4.69) is 22.4 Å². The van der Waals surface area contributed by atoms with E-state index in [0.29, 0.717) is 0 Å². The zero-order chi connectivity index (χ0) is 10.7. The van der Waals surface area contributed by atoms with E-state index < -0.39 is 0 Å². The lowest BCUT2D eigenvalue weighted by Crippen LogP contribution is -2.12. The molecule has 0 fully saturated rings. The molecule has 0 aliphatic carbocycles. The van der Waals surface area contributed by atoms with Crippen molar-refractivity contribution in [1.29, 1.82) is 0 Å². The molecule has 0 saturated carbocycles. The summed E-state index contributed by atoms with van der Waals surface area (Å²) >= 11 is 0. The Bertz CT molecular complexity index is 448. The molecule has 0 saturated heterocycles. The van der Waals surface area contributed by atoms with Crippen LogP contribution in [0.15, 0.2) is 18.3 Å². The van der Waals surface area contributed by atoms with Crippen LogP contribution in [0, 0.1) is 0 Å². The summed E-state index contributed by atoms with van der Waals surface area (Å²) < 4.78 is 1.69. The lowest BCUT2D eigenvalue weighted by molar-refractivity contribution is 0.772. The Morgan fingerprint density at radius 1 is 1.53 bits per heavy atom. The van der Waals surface area contributed by atoms with E-state index >= 15 is 0 Å². The third kappa shape index (κ3) is 1.92. The number of nitrogens with one attached hydrogen (secondary N) is 1. The Kier molecular flexibility index (Phi) is 2.82. The van der Waals surface area contributed by atoms with Gasteiger partial charge in [-0.1, -0.05) is 13.3 Å². The van der Waals surface area contributed by atoms with E-state index in [4.69, 9.17) is 5.84 Å². The van der Waals surface area contributed by atoms with Gasteiger partial charge < -0.3 is 5.43 Å². The van der Waals surface area contributed by atoms with Crippen LogP contribution in [0.5, 0.6) is 0 Å². The topological polar surface area (TPSA) is 68.2 Å². The van der Waals surface area contributed by atoms with Crippen LogP contribution in [0.2, 0.25) is 0 Å². The van der Waals surface area contributed by atoms with Gasteiger partial charge in [-0.25, -0.2) is 10.8 Å². The largest absolute Gasteiger partial charge is 0.308 e. The van der Waals surface area contributed by atoms with Crippen LogP contribution in [0.3, 0.4) is 0 Å². The summed E-state index contributed by atoms with van der Waals surface area (Å²) in [4.78, 5) is 4.49. The van der Waals surface area contributed by atoms with Crippen molar-refractivity contribution < 1.29 is 0 Å². The van der Waals surface area contributed by atoms with Crippen molar-refractivity contribution in [3.8, 4) is 0 Å². The van der Waals surface area contributed by atoms with Crippen LogP contribution in [0.4, 0.5) is 5.82 Å². The van der Waals surface area contributed by atoms with Crippen LogP contribution < -0.4 is 11.3 Å². The minimum absolute atomic E-state index is 0.774. The molecule has 2 rings (SSSR count). The van der Waals surface area contributed by atoms with Gasteiger partial charge in [0.2, 0.25) is 0 Å². The summed E-state index contributed by atoms with van der Waals surface area (Å²) in [5.41, 5.74) is 4.52. The van der Waals surface area contributed by atoms with Crippen molar-refractivity contribution in [3.63, 3.8) is 0 Å². The first-order valence-electron chi connectivity index (χ1n) is 5.15. The highest BCUT2D eigenvalue weighted by Crippen LogP contribution is 2.12. The lowest BCUT2D eigenvalue weighted by atomic mass is 10.2. The number of rotatable bonds is 4. The molecule has 0 atom stereocenters.